The number of hydrogen-bond acceptors (Lipinski definition) is 2. The van der Waals surface area contributed by atoms with Gasteiger partial charge >= 0.3 is 0 Å². The molecule has 0 atom stereocenters. The largest absolute Gasteiger partial charge is 0.395 e. The predicted octanol–water partition coefficient (Wildman–Crippen LogP) is 3.08. The van der Waals surface area contributed by atoms with Crippen molar-refractivity contribution >= 4 is 0 Å². The molecule has 0 aliphatic heterocycles. The monoisotopic (exact) mass is 284 g/mol. The van der Waals surface area contributed by atoms with Crippen LogP contribution in [0.2, 0.25) is 0 Å². The standard InChI is InChI=1S/C19H24O2/c1-14-8-9-15(2)17(10-14)11-19(12-20,13-21)18-7-5-4-6-16(18)3/h4-10,20-21H,11-13H2,1-3H3. The molecule has 2 aromatic carbocycles. The summed E-state index contributed by atoms with van der Waals surface area (Å²) >= 11 is 0. The highest BCUT2D eigenvalue weighted by molar-refractivity contribution is 5.39. The first-order valence-electron chi connectivity index (χ1n) is 7.36. The summed E-state index contributed by atoms with van der Waals surface area (Å²) in [6, 6.07) is 14.3. The third kappa shape index (κ3) is 3.17. The number of rotatable bonds is 5. The van der Waals surface area contributed by atoms with Crippen molar-refractivity contribution in [3.8, 4) is 0 Å². The molecule has 0 saturated carbocycles. The van der Waals surface area contributed by atoms with E-state index in [4.69, 9.17) is 0 Å². The molecule has 0 spiro atoms. The van der Waals surface area contributed by atoms with Crippen LogP contribution in [0.1, 0.15) is 27.8 Å². The Hall–Kier alpha value is -1.64. The molecule has 0 aliphatic rings. The normalized spacial score (nSPS) is 11.7. The van der Waals surface area contributed by atoms with Crippen LogP contribution in [0, 0.1) is 20.8 Å². The van der Waals surface area contributed by atoms with Gasteiger partial charge in [0.05, 0.1) is 13.2 Å². The topological polar surface area (TPSA) is 40.5 Å². The van der Waals surface area contributed by atoms with Gasteiger partial charge in [-0.05, 0) is 49.4 Å². The van der Waals surface area contributed by atoms with E-state index in [9.17, 15) is 10.2 Å². The highest BCUT2D eigenvalue weighted by Crippen LogP contribution is 2.31. The molecule has 0 aromatic heterocycles. The molecule has 0 amide bonds. The molecule has 2 aromatic rings. The van der Waals surface area contributed by atoms with E-state index in [-0.39, 0.29) is 13.2 Å². The molecule has 2 nitrogen and oxygen atoms in total. The van der Waals surface area contributed by atoms with Gasteiger partial charge < -0.3 is 10.2 Å². The first-order valence-corrected chi connectivity index (χ1v) is 7.36. The lowest BCUT2D eigenvalue weighted by molar-refractivity contribution is 0.115. The number of aryl methyl sites for hydroxylation is 3. The summed E-state index contributed by atoms with van der Waals surface area (Å²) in [6.45, 7) is 6.03. The molecule has 2 heteroatoms. The van der Waals surface area contributed by atoms with Crippen molar-refractivity contribution in [1.29, 1.82) is 0 Å². The van der Waals surface area contributed by atoms with Gasteiger partial charge in [-0.2, -0.15) is 0 Å². The van der Waals surface area contributed by atoms with Crippen molar-refractivity contribution < 1.29 is 10.2 Å². The molecule has 2 N–H and O–H groups in total. The van der Waals surface area contributed by atoms with Gasteiger partial charge in [-0.25, -0.2) is 0 Å². The van der Waals surface area contributed by atoms with E-state index in [1.54, 1.807) is 0 Å². The third-order valence-electron chi connectivity index (χ3n) is 4.36. The van der Waals surface area contributed by atoms with Gasteiger partial charge in [0.2, 0.25) is 0 Å². The number of hydrogen-bond donors (Lipinski definition) is 2. The van der Waals surface area contributed by atoms with Crippen molar-refractivity contribution in [2.45, 2.75) is 32.6 Å². The van der Waals surface area contributed by atoms with Crippen LogP contribution < -0.4 is 0 Å². The maximum atomic E-state index is 10.0. The highest BCUT2D eigenvalue weighted by atomic mass is 16.3. The zero-order valence-corrected chi connectivity index (χ0v) is 13.1. The van der Waals surface area contributed by atoms with E-state index in [1.165, 1.54) is 16.7 Å². The molecular weight excluding hydrogens is 260 g/mol. The van der Waals surface area contributed by atoms with Crippen LogP contribution >= 0.6 is 0 Å². The van der Waals surface area contributed by atoms with E-state index >= 15 is 0 Å². The van der Waals surface area contributed by atoms with Gasteiger partial charge in [0, 0.05) is 5.41 Å². The fourth-order valence-corrected chi connectivity index (χ4v) is 2.95. The van der Waals surface area contributed by atoms with Crippen molar-refractivity contribution in [3.63, 3.8) is 0 Å². The van der Waals surface area contributed by atoms with Gasteiger partial charge in [0.1, 0.15) is 0 Å². The summed E-state index contributed by atoms with van der Waals surface area (Å²) in [6.07, 6.45) is 0.637. The summed E-state index contributed by atoms with van der Waals surface area (Å²) in [5.74, 6) is 0. The summed E-state index contributed by atoms with van der Waals surface area (Å²) < 4.78 is 0. The van der Waals surface area contributed by atoms with Gasteiger partial charge in [0.25, 0.3) is 0 Å². The van der Waals surface area contributed by atoms with E-state index < -0.39 is 5.41 Å². The Balaban J connectivity index is 2.48. The Morgan fingerprint density at radius 1 is 0.857 bits per heavy atom. The van der Waals surface area contributed by atoms with Crippen LogP contribution in [0.4, 0.5) is 0 Å². The van der Waals surface area contributed by atoms with Gasteiger partial charge in [-0.15, -0.1) is 0 Å². The summed E-state index contributed by atoms with van der Waals surface area (Å²) in [7, 11) is 0. The Kier molecular flexibility index (Phi) is 4.81. The summed E-state index contributed by atoms with van der Waals surface area (Å²) in [5, 5.41) is 20.0. The van der Waals surface area contributed by atoms with Crippen molar-refractivity contribution in [2.24, 2.45) is 0 Å². The minimum atomic E-state index is -0.635. The lowest BCUT2D eigenvalue weighted by Crippen LogP contribution is -2.38. The number of aliphatic hydroxyl groups excluding tert-OH is 2. The van der Waals surface area contributed by atoms with Gasteiger partial charge in [-0.3, -0.25) is 0 Å². The second kappa shape index (κ2) is 6.42. The molecule has 0 unspecified atom stereocenters. The maximum Gasteiger partial charge on any atom is 0.0553 e. The van der Waals surface area contributed by atoms with Crippen molar-refractivity contribution in [3.05, 3.63) is 70.3 Å². The maximum absolute atomic E-state index is 10.0. The smallest absolute Gasteiger partial charge is 0.0553 e. The van der Waals surface area contributed by atoms with E-state index in [2.05, 4.69) is 32.0 Å². The number of aliphatic hydroxyl groups is 2. The molecular formula is C19H24O2. The fourth-order valence-electron chi connectivity index (χ4n) is 2.95. The lowest BCUT2D eigenvalue weighted by atomic mass is 9.74. The predicted molar refractivity (Wildman–Crippen MR) is 86.6 cm³/mol. The molecule has 0 fully saturated rings. The average Bonchev–Trinajstić information content (AvgIpc) is 2.49. The van der Waals surface area contributed by atoms with Crippen LogP contribution in [-0.4, -0.2) is 23.4 Å². The third-order valence-corrected chi connectivity index (χ3v) is 4.36. The Labute approximate surface area is 127 Å². The Bertz CT molecular complexity index is 613. The van der Waals surface area contributed by atoms with Gasteiger partial charge in [0.15, 0.2) is 0 Å². The van der Waals surface area contributed by atoms with Gasteiger partial charge in [-0.1, -0.05) is 48.0 Å². The quantitative estimate of drug-likeness (QED) is 0.886. The lowest BCUT2D eigenvalue weighted by Gasteiger charge is -2.32. The minimum absolute atomic E-state index is 0.0677. The zero-order chi connectivity index (χ0) is 15.5. The van der Waals surface area contributed by atoms with Crippen LogP contribution in [0.3, 0.4) is 0 Å². The van der Waals surface area contributed by atoms with E-state index in [1.807, 2.05) is 31.2 Å². The minimum Gasteiger partial charge on any atom is -0.395 e. The number of benzene rings is 2. The van der Waals surface area contributed by atoms with Crippen LogP contribution in [0.25, 0.3) is 0 Å². The summed E-state index contributed by atoms with van der Waals surface area (Å²) in [5.41, 5.74) is 5.07. The first-order chi connectivity index (χ1) is 10.0. The van der Waals surface area contributed by atoms with Crippen molar-refractivity contribution in [2.75, 3.05) is 13.2 Å². The van der Waals surface area contributed by atoms with E-state index in [0.717, 1.165) is 11.1 Å². The molecule has 112 valence electrons. The molecule has 0 aliphatic carbocycles. The van der Waals surface area contributed by atoms with Crippen LogP contribution in [0.15, 0.2) is 42.5 Å². The highest BCUT2D eigenvalue weighted by Gasteiger charge is 2.33. The molecule has 0 heterocycles. The molecule has 0 radical (unpaired) electrons. The average molecular weight is 284 g/mol. The summed E-state index contributed by atoms with van der Waals surface area (Å²) in [4.78, 5) is 0. The van der Waals surface area contributed by atoms with E-state index in [0.29, 0.717) is 6.42 Å². The molecule has 0 bridgehead atoms. The first kappa shape index (κ1) is 15.7. The molecule has 0 saturated heterocycles. The van der Waals surface area contributed by atoms with Crippen molar-refractivity contribution in [1.82, 2.24) is 0 Å². The fraction of sp³-hybridized carbons (Fsp3) is 0.368. The second-order valence-corrected chi connectivity index (χ2v) is 6.02. The Morgan fingerprint density at radius 2 is 1.52 bits per heavy atom. The SMILES string of the molecule is Cc1ccc(C)c(CC(CO)(CO)c2ccccc2C)c1. The zero-order valence-electron chi connectivity index (χ0n) is 13.1. The molecule has 21 heavy (non-hydrogen) atoms. The Morgan fingerprint density at radius 3 is 2.14 bits per heavy atom. The van der Waals surface area contributed by atoms with Crippen LogP contribution in [0.5, 0.6) is 0 Å². The molecule has 2 rings (SSSR count). The second-order valence-electron chi connectivity index (χ2n) is 6.02. The van der Waals surface area contributed by atoms with Crippen LogP contribution in [-0.2, 0) is 11.8 Å².